The standard InChI is InChI=1S/C14H15NO3/c1-17-10-18-14-8-4-5-9-15(14)13(16)11-6-2-3-7-12(11)14/h2-7H,8-10H2,1H3. The fourth-order valence-corrected chi connectivity index (χ4v) is 2.71. The summed E-state index contributed by atoms with van der Waals surface area (Å²) >= 11 is 0. The zero-order valence-electron chi connectivity index (χ0n) is 10.3. The third-order valence-corrected chi connectivity index (χ3v) is 3.52. The highest BCUT2D eigenvalue weighted by molar-refractivity contribution is 6.00. The Balaban J connectivity index is 2.10. The van der Waals surface area contributed by atoms with Crippen LogP contribution in [0.4, 0.5) is 0 Å². The van der Waals surface area contributed by atoms with Crippen LogP contribution in [-0.2, 0) is 15.2 Å². The quantitative estimate of drug-likeness (QED) is 0.603. The van der Waals surface area contributed by atoms with Crippen LogP contribution < -0.4 is 0 Å². The van der Waals surface area contributed by atoms with Gasteiger partial charge in [-0.2, -0.15) is 0 Å². The zero-order chi connectivity index (χ0) is 12.6. The maximum absolute atomic E-state index is 12.4. The smallest absolute Gasteiger partial charge is 0.257 e. The molecular formula is C14H15NO3. The van der Waals surface area contributed by atoms with E-state index in [9.17, 15) is 4.79 Å². The third-order valence-electron chi connectivity index (χ3n) is 3.52. The van der Waals surface area contributed by atoms with Gasteiger partial charge < -0.3 is 14.4 Å². The van der Waals surface area contributed by atoms with Crippen molar-refractivity contribution in [3.05, 3.63) is 47.5 Å². The summed E-state index contributed by atoms with van der Waals surface area (Å²) in [7, 11) is 1.59. The number of hydrogen-bond donors (Lipinski definition) is 0. The number of amides is 1. The summed E-state index contributed by atoms with van der Waals surface area (Å²) in [6.45, 7) is 0.753. The van der Waals surface area contributed by atoms with Gasteiger partial charge in [-0.05, 0) is 6.07 Å². The average Bonchev–Trinajstić information content (AvgIpc) is 2.68. The lowest BCUT2D eigenvalue weighted by Crippen LogP contribution is -2.47. The van der Waals surface area contributed by atoms with Gasteiger partial charge in [0.05, 0.1) is 0 Å². The van der Waals surface area contributed by atoms with E-state index in [2.05, 4.69) is 6.08 Å². The van der Waals surface area contributed by atoms with E-state index in [1.54, 1.807) is 12.0 Å². The molecule has 2 heterocycles. The Morgan fingerprint density at radius 2 is 2.17 bits per heavy atom. The maximum Gasteiger partial charge on any atom is 0.257 e. The monoisotopic (exact) mass is 245 g/mol. The number of fused-ring (bicyclic) bond motifs is 3. The summed E-state index contributed by atoms with van der Waals surface area (Å²) in [4.78, 5) is 14.1. The number of carbonyl (C=O) groups excluding carboxylic acids is 1. The lowest BCUT2D eigenvalue weighted by atomic mass is 9.96. The van der Waals surface area contributed by atoms with Crippen LogP contribution >= 0.6 is 0 Å². The van der Waals surface area contributed by atoms with E-state index in [0.717, 1.165) is 11.1 Å². The van der Waals surface area contributed by atoms with E-state index in [0.29, 0.717) is 13.0 Å². The maximum atomic E-state index is 12.4. The van der Waals surface area contributed by atoms with Gasteiger partial charge in [0.15, 0.2) is 5.72 Å². The second-order valence-corrected chi connectivity index (χ2v) is 4.47. The van der Waals surface area contributed by atoms with E-state index in [4.69, 9.17) is 9.47 Å². The molecule has 3 rings (SSSR count). The summed E-state index contributed by atoms with van der Waals surface area (Å²) in [6, 6.07) is 7.63. The molecule has 1 unspecified atom stereocenters. The molecule has 0 spiro atoms. The fourth-order valence-electron chi connectivity index (χ4n) is 2.71. The van der Waals surface area contributed by atoms with Gasteiger partial charge in [0.2, 0.25) is 0 Å². The molecule has 94 valence electrons. The predicted octanol–water partition coefficient (Wildman–Crippen LogP) is 1.88. The summed E-state index contributed by atoms with van der Waals surface area (Å²) in [6.07, 6.45) is 4.72. The molecule has 0 aromatic heterocycles. The zero-order valence-corrected chi connectivity index (χ0v) is 10.3. The Bertz CT molecular complexity index is 512. The largest absolute Gasteiger partial charge is 0.359 e. The van der Waals surface area contributed by atoms with Gasteiger partial charge in [0.25, 0.3) is 5.91 Å². The van der Waals surface area contributed by atoms with Crippen molar-refractivity contribution < 1.29 is 14.3 Å². The lowest BCUT2D eigenvalue weighted by molar-refractivity contribution is -0.191. The first-order valence-corrected chi connectivity index (χ1v) is 5.99. The highest BCUT2D eigenvalue weighted by Gasteiger charge is 2.50. The minimum atomic E-state index is -0.682. The number of carbonyl (C=O) groups is 1. The van der Waals surface area contributed by atoms with Crippen molar-refractivity contribution in [3.63, 3.8) is 0 Å². The first-order valence-electron chi connectivity index (χ1n) is 5.99. The van der Waals surface area contributed by atoms with E-state index < -0.39 is 5.72 Å². The Kier molecular flexibility index (Phi) is 2.69. The molecule has 1 aromatic rings. The van der Waals surface area contributed by atoms with Crippen LogP contribution in [0.25, 0.3) is 0 Å². The van der Waals surface area contributed by atoms with Gasteiger partial charge in [0, 0.05) is 31.2 Å². The van der Waals surface area contributed by atoms with E-state index >= 15 is 0 Å². The molecule has 0 fully saturated rings. The Morgan fingerprint density at radius 3 is 3.00 bits per heavy atom. The van der Waals surface area contributed by atoms with Gasteiger partial charge in [-0.25, -0.2) is 0 Å². The van der Waals surface area contributed by atoms with Crippen molar-refractivity contribution in [2.75, 3.05) is 20.4 Å². The molecule has 0 saturated heterocycles. The van der Waals surface area contributed by atoms with Crippen molar-refractivity contribution in [1.29, 1.82) is 0 Å². The second kappa shape index (κ2) is 4.23. The molecule has 2 aliphatic heterocycles. The van der Waals surface area contributed by atoms with Gasteiger partial charge in [-0.15, -0.1) is 0 Å². The minimum absolute atomic E-state index is 0.0334. The van der Waals surface area contributed by atoms with Crippen LogP contribution in [0.1, 0.15) is 22.3 Å². The number of methoxy groups -OCH3 is 1. The number of nitrogens with zero attached hydrogens (tertiary/aromatic N) is 1. The number of ether oxygens (including phenoxy) is 2. The number of rotatable bonds is 3. The molecule has 0 N–H and O–H groups in total. The Labute approximate surface area is 106 Å². The topological polar surface area (TPSA) is 38.8 Å². The van der Waals surface area contributed by atoms with Crippen molar-refractivity contribution in [1.82, 2.24) is 4.90 Å². The summed E-state index contributed by atoms with van der Waals surface area (Å²) in [5, 5.41) is 0. The second-order valence-electron chi connectivity index (χ2n) is 4.47. The fraction of sp³-hybridized carbons (Fsp3) is 0.357. The Morgan fingerprint density at radius 1 is 1.33 bits per heavy atom. The molecule has 0 saturated carbocycles. The third kappa shape index (κ3) is 1.43. The predicted molar refractivity (Wildman–Crippen MR) is 65.9 cm³/mol. The number of benzene rings is 1. The normalized spacial score (nSPS) is 25.2. The molecule has 1 aromatic carbocycles. The lowest BCUT2D eigenvalue weighted by Gasteiger charge is -2.39. The van der Waals surface area contributed by atoms with Crippen molar-refractivity contribution in [2.45, 2.75) is 12.1 Å². The molecule has 2 aliphatic rings. The van der Waals surface area contributed by atoms with E-state index in [1.807, 2.05) is 30.3 Å². The van der Waals surface area contributed by atoms with Crippen LogP contribution in [0.5, 0.6) is 0 Å². The summed E-state index contributed by atoms with van der Waals surface area (Å²) in [5.41, 5.74) is 0.993. The molecule has 18 heavy (non-hydrogen) atoms. The highest BCUT2D eigenvalue weighted by atomic mass is 16.7. The van der Waals surface area contributed by atoms with Crippen LogP contribution in [0.15, 0.2) is 36.4 Å². The van der Waals surface area contributed by atoms with Crippen LogP contribution in [0.3, 0.4) is 0 Å². The molecule has 0 bridgehead atoms. The average molecular weight is 245 g/mol. The van der Waals surface area contributed by atoms with Gasteiger partial charge >= 0.3 is 0 Å². The first kappa shape index (κ1) is 11.4. The Hall–Kier alpha value is -1.65. The first-order chi connectivity index (χ1) is 8.79. The molecule has 4 nitrogen and oxygen atoms in total. The molecule has 1 amide bonds. The highest BCUT2D eigenvalue weighted by Crippen LogP contribution is 2.44. The van der Waals surface area contributed by atoms with Crippen molar-refractivity contribution >= 4 is 5.91 Å². The van der Waals surface area contributed by atoms with Crippen molar-refractivity contribution in [3.8, 4) is 0 Å². The van der Waals surface area contributed by atoms with E-state index in [1.165, 1.54) is 0 Å². The molecule has 4 heteroatoms. The summed E-state index contributed by atoms with van der Waals surface area (Å²) in [5.74, 6) is 0.0334. The van der Waals surface area contributed by atoms with Crippen LogP contribution in [0.2, 0.25) is 0 Å². The van der Waals surface area contributed by atoms with E-state index in [-0.39, 0.29) is 12.7 Å². The van der Waals surface area contributed by atoms with Gasteiger partial charge in [-0.3, -0.25) is 4.79 Å². The van der Waals surface area contributed by atoms with Gasteiger partial charge in [-0.1, -0.05) is 30.4 Å². The minimum Gasteiger partial charge on any atom is -0.359 e. The molecule has 1 atom stereocenters. The van der Waals surface area contributed by atoms with Crippen molar-refractivity contribution in [2.24, 2.45) is 0 Å². The number of hydrogen-bond acceptors (Lipinski definition) is 3. The molecule has 0 radical (unpaired) electrons. The SMILES string of the molecule is COCOC12CC=CCN1C(=O)c1ccccc12. The molecule has 0 aliphatic carbocycles. The van der Waals surface area contributed by atoms with Crippen LogP contribution in [-0.4, -0.2) is 31.3 Å². The summed E-state index contributed by atoms with van der Waals surface area (Å²) < 4.78 is 10.9. The van der Waals surface area contributed by atoms with Crippen LogP contribution in [0, 0.1) is 0 Å². The molecular weight excluding hydrogens is 230 g/mol. The van der Waals surface area contributed by atoms with Gasteiger partial charge in [0.1, 0.15) is 6.79 Å².